The molecule has 0 saturated carbocycles. The van der Waals surface area contributed by atoms with Crippen molar-refractivity contribution in [1.82, 2.24) is 4.31 Å². The summed E-state index contributed by atoms with van der Waals surface area (Å²) in [5.74, 6) is 0.539. The van der Waals surface area contributed by atoms with Gasteiger partial charge >= 0.3 is 0 Å². The molecule has 0 saturated heterocycles. The van der Waals surface area contributed by atoms with E-state index in [2.05, 4.69) is 6.58 Å². The molecule has 0 aliphatic rings. The van der Waals surface area contributed by atoms with Crippen LogP contribution in [0.15, 0.2) is 27.5 Å². The zero-order valence-electron chi connectivity index (χ0n) is 10.9. The molecular formula is C12H19NO4S. The average molecular weight is 273 g/mol. The molecule has 1 N–H and O–H groups in total. The van der Waals surface area contributed by atoms with E-state index in [4.69, 9.17) is 9.52 Å². The maximum Gasteiger partial charge on any atom is 0.246 e. The summed E-state index contributed by atoms with van der Waals surface area (Å²) < 4.78 is 31.3. The first kappa shape index (κ1) is 14.9. The quantitative estimate of drug-likeness (QED) is 0.800. The number of aliphatic hydroxyl groups is 1. The zero-order valence-corrected chi connectivity index (χ0v) is 11.7. The van der Waals surface area contributed by atoms with Crippen LogP contribution in [0.5, 0.6) is 0 Å². The molecule has 0 atom stereocenters. The molecule has 18 heavy (non-hydrogen) atoms. The van der Waals surface area contributed by atoms with Crippen LogP contribution in [0.1, 0.15) is 25.4 Å². The Morgan fingerprint density at radius 3 is 2.56 bits per heavy atom. The van der Waals surface area contributed by atoms with Crippen molar-refractivity contribution in [3.8, 4) is 0 Å². The van der Waals surface area contributed by atoms with Gasteiger partial charge in [-0.3, -0.25) is 0 Å². The fourth-order valence-electron chi connectivity index (χ4n) is 1.67. The van der Waals surface area contributed by atoms with Crippen molar-refractivity contribution in [3.05, 3.63) is 29.7 Å². The van der Waals surface area contributed by atoms with Gasteiger partial charge in [-0.15, -0.1) is 0 Å². The number of aliphatic hydroxyl groups excluding tert-OH is 1. The van der Waals surface area contributed by atoms with Crippen molar-refractivity contribution in [2.45, 2.75) is 32.3 Å². The highest BCUT2D eigenvalue weighted by atomic mass is 32.2. The van der Waals surface area contributed by atoms with E-state index >= 15 is 0 Å². The number of rotatable bonds is 6. The lowest BCUT2D eigenvalue weighted by molar-refractivity contribution is 0.244. The van der Waals surface area contributed by atoms with E-state index in [0.717, 1.165) is 5.57 Å². The van der Waals surface area contributed by atoms with Crippen LogP contribution in [-0.2, 0) is 16.6 Å². The number of hydrogen-bond acceptors (Lipinski definition) is 4. The molecule has 1 rings (SSSR count). The van der Waals surface area contributed by atoms with Gasteiger partial charge in [0.25, 0.3) is 0 Å². The first-order valence-corrected chi connectivity index (χ1v) is 7.11. The van der Waals surface area contributed by atoms with Gasteiger partial charge in [0.15, 0.2) is 0 Å². The van der Waals surface area contributed by atoms with Crippen LogP contribution in [0.3, 0.4) is 0 Å². The molecule has 0 spiro atoms. The van der Waals surface area contributed by atoms with E-state index in [9.17, 15) is 8.42 Å². The van der Waals surface area contributed by atoms with Gasteiger partial charge in [0, 0.05) is 19.2 Å². The van der Waals surface area contributed by atoms with Crippen LogP contribution in [-0.4, -0.2) is 30.9 Å². The molecule has 0 unspecified atom stereocenters. The largest absolute Gasteiger partial charge is 0.462 e. The fourth-order valence-corrected chi connectivity index (χ4v) is 3.36. The number of aryl methyl sites for hydroxylation is 1. The van der Waals surface area contributed by atoms with Crippen LogP contribution in [0, 0.1) is 6.92 Å². The van der Waals surface area contributed by atoms with Gasteiger partial charge in [-0.2, -0.15) is 4.31 Å². The third-order valence-electron chi connectivity index (χ3n) is 2.50. The normalized spacial score (nSPS) is 12.1. The van der Waals surface area contributed by atoms with Crippen LogP contribution < -0.4 is 0 Å². The number of likely N-dealkylation sites (N-methyl/N-ethyl adjacent to an activating group) is 1. The van der Waals surface area contributed by atoms with Crippen LogP contribution in [0.25, 0.3) is 0 Å². The molecule has 1 aromatic heterocycles. The highest BCUT2D eigenvalue weighted by Gasteiger charge is 2.27. The zero-order chi connectivity index (χ0) is 13.9. The summed E-state index contributed by atoms with van der Waals surface area (Å²) >= 11 is 0. The van der Waals surface area contributed by atoms with E-state index in [0.29, 0.717) is 12.3 Å². The summed E-state index contributed by atoms with van der Waals surface area (Å²) in [5.41, 5.74) is 0.768. The lowest BCUT2D eigenvalue weighted by atomic mass is 10.3. The van der Waals surface area contributed by atoms with Gasteiger partial charge < -0.3 is 9.52 Å². The Kier molecular flexibility index (Phi) is 4.72. The topological polar surface area (TPSA) is 70.8 Å². The minimum absolute atomic E-state index is 0.106. The monoisotopic (exact) mass is 273 g/mol. The molecule has 0 amide bonds. The molecule has 5 nitrogen and oxygen atoms in total. The maximum atomic E-state index is 12.4. The summed E-state index contributed by atoms with van der Waals surface area (Å²) in [7, 11) is -3.60. The molecule has 0 aliphatic carbocycles. The summed E-state index contributed by atoms with van der Waals surface area (Å²) in [5, 5.41) is 8.97. The predicted molar refractivity (Wildman–Crippen MR) is 68.6 cm³/mol. The van der Waals surface area contributed by atoms with Crippen molar-refractivity contribution < 1.29 is 17.9 Å². The first-order valence-electron chi connectivity index (χ1n) is 5.67. The van der Waals surface area contributed by atoms with E-state index in [1.54, 1.807) is 20.8 Å². The van der Waals surface area contributed by atoms with Crippen LogP contribution in [0.4, 0.5) is 0 Å². The number of furan rings is 1. The van der Waals surface area contributed by atoms with Crippen molar-refractivity contribution in [1.29, 1.82) is 0 Å². The second-order valence-corrected chi connectivity index (χ2v) is 6.09. The van der Waals surface area contributed by atoms with Gasteiger partial charge in [-0.25, -0.2) is 8.42 Å². The SMILES string of the molecule is C=C(C)CN(CC)S(=O)(=O)c1cc(CO)oc1C. The van der Waals surface area contributed by atoms with Crippen molar-refractivity contribution in [3.63, 3.8) is 0 Å². The third kappa shape index (κ3) is 3.01. The number of hydrogen-bond donors (Lipinski definition) is 1. The summed E-state index contributed by atoms with van der Waals surface area (Å²) in [4.78, 5) is 0.106. The predicted octanol–water partition coefficient (Wildman–Crippen LogP) is 1.67. The fraction of sp³-hybridized carbons (Fsp3) is 0.500. The molecule has 102 valence electrons. The van der Waals surface area contributed by atoms with Crippen molar-refractivity contribution in [2.75, 3.05) is 13.1 Å². The Morgan fingerprint density at radius 2 is 2.17 bits per heavy atom. The van der Waals surface area contributed by atoms with E-state index < -0.39 is 10.0 Å². The van der Waals surface area contributed by atoms with Gasteiger partial charge in [0.2, 0.25) is 10.0 Å². The van der Waals surface area contributed by atoms with E-state index in [1.165, 1.54) is 10.4 Å². The minimum Gasteiger partial charge on any atom is -0.462 e. The average Bonchev–Trinajstić information content (AvgIpc) is 2.67. The van der Waals surface area contributed by atoms with Crippen LogP contribution >= 0.6 is 0 Å². The maximum absolute atomic E-state index is 12.4. The summed E-state index contributed by atoms with van der Waals surface area (Å²) in [6.07, 6.45) is 0. The Balaban J connectivity index is 3.18. The smallest absolute Gasteiger partial charge is 0.246 e. The van der Waals surface area contributed by atoms with Gasteiger partial charge in [-0.1, -0.05) is 19.1 Å². The molecule has 0 fully saturated rings. The van der Waals surface area contributed by atoms with Gasteiger partial charge in [0.1, 0.15) is 23.0 Å². The van der Waals surface area contributed by atoms with Gasteiger partial charge in [-0.05, 0) is 13.8 Å². The molecule has 1 aromatic rings. The van der Waals surface area contributed by atoms with E-state index in [1.807, 2.05) is 0 Å². The van der Waals surface area contributed by atoms with Gasteiger partial charge in [0.05, 0.1) is 0 Å². The molecule has 0 radical (unpaired) electrons. The minimum atomic E-state index is -3.60. The lowest BCUT2D eigenvalue weighted by Crippen LogP contribution is -2.32. The Morgan fingerprint density at radius 1 is 1.56 bits per heavy atom. The van der Waals surface area contributed by atoms with E-state index in [-0.39, 0.29) is 23.8 Å². The Hall–Kier alpha value is -1.11. The first-order chi connectivity index (χ1) is 8.32. The molecular weight excluding hydrogens is 254 g/mol. The number of nitrogens with zero attached hydrogens (tertiary/aromatic N) is 1. The molecule has 0 aromatic carbocycles. The standard InChI is InChI=1S/C12H19NO4S/c1-5-13(7-9(2)3)18(15,16)12-6-11(8-14)17-10(12)4/h6,14H,2,5,7-8H2,1,3-4H3. The highest BCUT2D eigenvalue weighted by molar-refractivity contribution is 7.89. The lowest BCUT2D eigenvalue weighted by Gasteiger charge is -2.19. The molecule has 6 heteroatoms. The Labute approximate surface area is 108 Å². The molecule has 0 bridgehead atoms. The highest BCUT2D eigenvalue weighted by Crippen LogP contribution is 2.24. The summed E-state index contributed by atoms with van der Waals surface area (Å²) in [6.45, 7) is 9.15. The molecule has 0 aliphatic heterocycles. The van der Waals surface area contributed by atoms with Crippen molar-refractivity contribution in [2.24, 2.45) is 0 Å². The summed E-state index contributed by atoms with van der Waals surface area (Å²) in [6, 6.07) is 1.37. The Bertz CT molecular complexity index is 530. The second kappa shape index (κ2) is 5.69. The van der Waals surface area contributed by atoms with Crippen molar-refractivity contribution >= 4 is 10.0 Å². The second-order valence-electron chi connectivity index (χ2n) is 4.18. The molecule has 1 heterocycles. The van der Waals surface area contributed by atoms with Crippen LogP contribution in [0.2, 0.25) is 0 Å². The number of sulfonamides is 1. The third-order valence-corrected chi connectivity index (χ3v) is 4.52.